The van der Waals surface area contributed by atoms with Crippen molar-refractivity contribution < 1.29 is 18.0 Å². The molecule has 1 N–H and O–H groups in total. The Morgan fingerprint density at radius 2 is 1.86 bits per heavy atom. The summed E-state index contributed by atoms with van der Waals surface area (Å²) in [6.45, 7) is 4.54. The van der Waals surface area contributed by atoms with E-state index < -0.39 is 17.8 Å². The average molecular weight is 424 g/mol. The summed E-state index contributed by atoms with van der Waals surface area (Å²) in [5.41, 5.74) is 0.187. The first-order chi connectivity index (χ1) is 13.6. The van der Waals surface area contributed by atoms with Gasteiger partial charge in [0.2, 0.25) is 0 Å². The highest BCUT2D eigenvalue weighted by Gasteiger charge is 2.34. The maximum Gasteiger partial charge on any atom is 0.434 e. The van der Waals surface area contributed by atoms with Crippen LogP contribution in [0.3, 0.4) is 0 Å². The van der Waals surface area contributed by atoms with E-state index in [1.807, 2.05) is 12.1 Å². The average Bonchev–Trinajstić information content (AvgIpc) is 3.10. The summed E-state index contributed by atoms with van der Waals surface area (Å²) in [5.74, 6) is 0.00684. The third kappa shape index (κ3) is 5.09. The first-order valence-corrected chi connectivity index (χ1v) is 9.62. The fourth-order valence-electron chi connectivity index (χ4n) is 3.28. The van der Waals surface area contributed by atoms with Crippen molar-refractivity contribution in [3.05, 3.63) is 70.6 Å². The quantitative estimate of drug-likeness (QED) is 0.563. The normalized spacial score (nSPS) is 13.1. The molecule has 0 fully saturated rings. The van der Waals surface area contributed by atoms with Crippen LogP contribution in [0.4, 0.5) is 13.2 Å². The molecule has 1 amide bonds. The lowest BCUT2D eigenvalue weighted by atomic mass is 9.90. The molecular weight excluding hydrogens is 403 g/mol. The van der Waals surface area contributed by atoms with Crippen LogP contribution in [0.1, 0.15) is 47.9 Å². The fourth-order valence-corrected chi connectivity index (χ4v) is 3.41. The van der Waals surface area contributed by atoms with Crippen LogP contribution in [0.25, 0.3) is 5.65 Å². The number of nitrogens with zero attached hydrogens (tertiary/aromatic N) is 2. The Labute approximate surface area is 171 Å². The van der Waals surface area contributed by atoms with Crippen molar-refractivity contribution in [1.82, 2.24) is 14.7 Å². The van der Waals surface area contributed by atoms with Crippen LogP contribution < -0.4 is 5.32 Å². The Bertz CT molecular complexity index is 997. The number of amides is 1. The predicted molar refractivity (Wildman–Crippen MR) is 106 cm³/mol. The number of carbonyl (C=O) groups excluding carboxylic acids is 1. The molecule has 0 radical (unpaired) electrons. The second-order valence-corrected chi connectivity index (χ2v) is 7.79. The molecule has 29 heavy (non-hydrogen) atoms. The predicted octanol–water partition coefficient (Wildman–Crippen LogP) is 5.57. The van der Waals surface area contributed by atoms with Crippen LogP contribution in [0.5, 0.6) is 0 Å². The number of nitrogens with one attached hydrogen (secondary N) is 1. The molecule has 1 unspecified atom stereocenters. The molecule has 0 spiro atoms. The lowest BCUT2D eigenvalue weighted by molar-refractivity contribution is -0.140. The van der Waals surface area contributed by atoms with Gasteiger partial charge in [0, 0.05) is 23.7 Å². The first-order valence-electron chi connectivity index (χ1n) is 9.24. The van der Waals surface area contributed by atoms with E-state index >= 15 is 0 Å². The van der Waals surface area contributed by atoms with E-state index in [0.717, 1.165) is 22.6 Å². The maximum absolute atomic E-state index is 13.0. The molecule has 4 nitrogen and oxygen atoms in total. The zero-order valence-corrected chi connectivity index (χ0v) is 16.8. The molecule has 0 aliphatic heterocycles. The van der Waals surface area contributed by atoms with Crippen molar-refractivity contribution in [2.24, 2.45) is 5.92 Å². The zero-order valence-electron chi connectivity index (χ0n) is 16.0. The largest absolute Gasteiger partial charge is 0.434 e. The first kappa shape index (κ1) is 21.2. The van der Waals surface area contributed by atoms with Gasteiger partial charge >= 0.3 is 6.18 Å². The van der Waals surface area contributed by atoms with Gasteiger partial charge in [-0.3, -0.25) is 9.20 Å². The molecule has 0 saturated heterocycles. The minimum absolute atomic E-state index is 0.0592. The van der Waals surface area contributed by atoms with Crippen molar-refractivity contribution in [3.63, 3.8) is 0 Å². The van der Waals surface area contributed by atoms with E-state index in [4.69, 9.17) is 11.6 Å². The highest BCUT2D eigenvalue weighted by molar-refractivity contribution is 6.30. The van der Waals surface area contributed by atoms with E-state index in [1.54, 1.807) is 12.1 Å². The summed E-state index contributed by atoms with van der Waals surface area (Å²) in [4.78, 5) is 16.3. The smallest absolute Gasteiger partial charge is 0.350 e. The van der Waals surface area contributed by atoms with Gasteiger partial charge in [0.1, 0.15) is 11.3 Å². The van der Waals surface area contributed by atoms with E-state index in [9.17, 15) is 18.0 Å². The second-order valence-electron chi connectivity index (χ2n) is 7.35. The molecule has 8 heteroatoms. The number of pyridine rings is 1. The van der Waals surface area contributed by atoms with E-state index in [-0.39, 0.29) is 17.3 Å². The van der Waals surface area contributed by atoms with Gasteiger partial charge < -0.3 is 5.32 Å². The summed E-state index contributed by atoms with van der Waals surface area (Å²) in [6, 6.07) is 11.9. The fraction of sp³-hybridized carbons (Fsp3) is 0.333. The minimum atomic E-state index is -4.57. The molecule has 0 aliphatic carbocycles. The molecular formula is C21H21ClF3N3O. The minimum Gasteiger partial charge on any atom is -0.350 e. The van der Waals surface area contributed by atoms with Gasteiger partial charge in [-0.25, -0.2) is 4.98 Å². The van der Waals surface area contributed by atoms with Crippen LogP contribution in [-0.2, 0) is 6.18 Å². The molecule has 0 aliphatic rings. The Balaban J connectivity index is 1.81. The SMILES string of the molecule is CC(C)CC(CNC(=O)c1cccc2nc(C(F)(F)F)cn12)c1ccc(Cl)cc1. The number of alkyl halides is 3. The number of hydrogen-bond acceptors (Lipinski definition) is 2. The van der Waals surface area contributed by atoms with Crippen molar-refractivity contribution >= 4 is 23.2 Å². The summed E-state index contributed by atoms with van der Waals surface area (Å²) < 4.78 is 40.1. The molecule has 2 heterocycles. The monoisotopic (exact) mass is 423 g/mol. The van der Waals surface area contributed by atoms with Gasteiger partial charge in [-0.05, 0) is 42.2 Å². The molecule has 0 bridgehead atoms. The highest BCUT2D eigenvalue weighted by atomic mass is 35.5. The number of aromatic nitrogens is 2. The lowest BCUT2D eigenvalue weighted by Gasteiger charge is -2.20. The summed E-state index contributed by atoms with van der Waals surface area (Å²) in [6.07, 6.45) is -2.89. The van der Waals surface area contributed by atoms with Crippen molar-refractivity contribution in [3.8, 4) is 0 Å². The number of carbonyl (C=O) groups is 1. The van der Waals surface area contributed by atoms with Gasteiger partial charge in [0.05, 0.1) is 0 Å². The van der Waals surface area contributed by atoms with Gasteiger partial charge in [-0.1, -0.05) is 43.6 Å². The topological polar surface area (TPSA) is 46.4 Å². The van der Waals surface area contributed by atoms with Crippen LogP contribution in [0.2, 0.25) is 5.02 Å². The third-order valence-corrected chi connectivity index (χ3v) is 4.87. The molecule has 1 aromatic carbocycles. The number of rotatable bonds is 6. The number of benzene rings is 1. The molecule has 154 valence electrons. The number of halogens is 4. The van der Waals surface area contributed by atoms with E-state index in [2.05, 4.69) is 24.1 Å². The standard InChI is InChI=1S/C21H21ClF3N3O/c1-13(2)10-15(14-6-8-16(22)9-7-14)11-26-20(29)17-4-3-5-19-27-18(12-28(17)19)21(23,24)25/h3-9,12-13,15H,10-11H2,1-2H3,(H,26,29). The molecule has 1 atom stereocenters. The molecule has 2 aromatic heterocycles. The lowest BCUT2D eigenvalue weighted by Crippen LogP contribution is -2.30. The Hall–Kier alpha value is -2.54. The number of hydrogen-bond donors (Lipinski definition) is 1. The Morgan fingerprint density at radius 3 is 2.48 bits per heavy atom. The van der Waals surface area contributed by atoms with Crippen LogP contribution >= 0.6 is 11.6 Å². The van der Waals surface area contributed by atoms with Gasteiger partial charge in [-0.15, -0.1) is 0 Å². The molecule has 3 rings (SSSR count). The Kier molecular flexibility index (Phi) is 6.17. The van der Waals surface area contributed by atoms with Crippen LogP contribution in [0, 0.1) is 5.92 Å². The molecule has 3 aromatic rings. The highest BCUT2D eigenvalue weighted by Crippen LogP contribution is 2.29. The number of imidazole rings is 1. The van der Waals surface area contributed by atoms with Crippen molar-refractivity contribution in [2.45, 2.75) is 32.4 Å². The maximum atomic E-state index is 13.0. The van der Waals surface area contributed by atoms with Crippen LogP contribution in [-0.4, -0.2) is 21.8 Å². The molecule has 0 saturated carbocycles. The van der Waals surface area contributed by atoms with Gasteiger partial charge in [0.15, 0.2) is 5.69 Å². The third-order valence-electron chi connectivity index (χ3n) is 4.62. The second kappa shape index (κ2) is 8.45. The Morgan fingerprint density at radius 1 is 1.17 bits per heavy atom. The number of fused-ring (bicyclic) bond motifs is 1. The zero-order chi connectivity index (χ0) is 21.2. The van der Waals surface area contributed by atoms with Crippen molar-refractivity contribution in [1.29, 1.82) is 0 Å². The summed E-state index contributed by atoms with van der Waals surface area (Å²) in [7, 11) is 0. The van der Waals surface area contributed by atoms with Gasteiger partial charge in [-0.2, -0.15) is 13.2 Å². The summed E-state index contributed by atoms with van der Waals surface area (Å²) in [5, 5.41) is 3.49. The van der Waals surface area contributed by atoms with Crippen LogP contribution in [0.15, 0.2) is 48.7 Å². The summed E-state index contributed by atoms with van der Waals surface area (Å²) >= 11 is 5.96. The van der Waals surface area contributed by atoms with Gasteiger partial charge in [0.25, 0.3) is 5.91 Å². The van der Waals surface area contributed by atoms with E-state index in [1.165, 1.54) is 18.2 Å². The van der Waals surface area contributed by atoms with Crippen molar-refractivity contribution in [2.75, 3.05) is 6.54 Å². The van der Waals surface area contributed by atoms with E-state index in [0.29, 0.717) is 17.5 Å².